The molecular weight excluding hydrogens is 206 g/mol. The van der Waals surface area contributed by atoms with Gasteiger partial charge >= 0.3 is 0 Å². The van der Waals surface area contributed by atoms with E-state index in [0.29, 0.717) is 5.54 Å². The highest BCUT2D eigenvalue weighted by Gasteiger charge is 2.42. The largest absolute Gasteiger partial charge is 0.298 e. The van der Waals surface area contributed by atoms with Crippen molar-refractivity contribution in [2.75, 3.05) is 13.1 Å². The molecule has 17 heavy (non-hydrogen) atoms. The third-order valence-corrected chi connectivity index (χ3v) is 5.60. The standard InChI is InChI=1S/C16H33N/c1-9-17(16(6,7)8)10-15-13(4)11(2)12(3)14(15)5/h11-15H,9-10H2,1-8H3. The van der Waals surface area contributed by atoms with E-state index in [1.165, 1.54) is 13.1 Å². The van der Waals surface area contributed by atoms with E-state index in [1.807, 2.05) is 0 Å². The van der Waals surface area contributed by atoms with Crippen molar-refractivity contribution in [3.8, 4) is 0 Å². The van der Waals surface area contributed by atoms with Gasteiger partial charge in [-0.25, -0.2) is 0 Å². The smallest absolute Gasteiger partial charge is 0.0125 e. The van der Waals surface area contributed by atoms with E-state index < -0.39 is 0 Å². The zero-order chi connectivity index (χ0) is 13.4. The molecule has 4 atom stereocenters. The van der Waals surface area contributed by atoms with Crippen LogP contribution in [0.3, 0.4) is 0 Å². The summed E-state index contributed by atoms with van der Waals surface area (Å²) in [6.45, 7) is 21.6. The van der Waals surface area contributed by atoms with Crippen LogP contribution in [0.15, 0.2) is 0 Å². The summed E-state index contributed by atoms with van der Waals surface area (Å²) in [4.78, 5) is 2.65. The molecule has 1 nitrogen and oxygen atoms in total. The normalized spacial score (nSPS) is 39.0. The highest BCUT2D eigenvalue weighted by molar-refractivity contribution is 4.92. The van der Waals surface area contributed by atoms with E-state index in [4.69, 9.17) is 0 Å². The Bertz CT molecular complexity index is 226. The minimum absolute atomic E-state index is 0.309. The molecule has 0 N–H and O–H groups in total. The average molecular weight is 239 g/mol. The number of rotatable bonds is 3. The van der Waals surface area contributed by atoms with Crippen LogP contribution in [0.1, 0.15) is 55.4 Å². The first kappa shape index (κ1) is 15.0. The Labute approximate surface area is 109 Å². The third kappa shape index (κ3) is 3.05. The van der Waals surface area contributed by atoms with E-state index in [1.54, 1.807) is 0 Å². The zero-order valence-electron chi connectivity index (χ0n) is 13.2. The van der Waals surface area contributed by atoms with Gasteiger partial charge in [-0.1, -0.05) is 34.6 Å². The minimum atomic E-state index is 0.309. The lowest BCUT2D eigenvalue weighted by Gasteiger charge is -2.38. The molecule has 1 heteroatoms. The lowest BCUT2D eigenvalue weighted by molar-refractivity contribution is 0.0961. The summed E-state index contributed by atoms with van der Waals surface area (Å²) in [6, 6.07) is 0. The van der Waals surface area contributed by atoms with E-state index in [0.717, 1.165) is 29.6 Å². The van der Waals surface area contributed by atoms with Gasteiger partial charge < -0.3 is 0 Å². The molecule has 0 aromatic rings. The molecule has 1 fully saturated rings. The molecule has 0 aliphatic heterocycles. The van der Waals surface area contributed by atoms with E-state index >= 15 is 0 Å². The maximum atomic E-state index is 2.65. The molecule has 0 aromatic heterocycles. The highest BCUT2D eigenvalue weighted by Crippen LogP contribution is 2.45. The fourth-order valence-corrected chi connectivity index (χ4v) is 3.68. The van der Waals surface area contributed by atoms with Crippen LogP contribution in [0.5, 0.6) is 0 Å². The Morgan fingerprint density at radius 2 is 1.24 bits per heavy atom. The van der Waals surface area contributed by atoms with Crippen molar-refractivity contribution in [1.29, 1.82) is 0 Å². The predicted molar refractivity (Wildman–Crippen MR) is 77.1 cm³/mol. The van der Waals surface area contributed by atoms with Crippen molar-refractivity contribution >= 4 is 0 Å². The minimum Gasteiger partial charge on any atom is -0.298 e. The molecule has 0 heterocycles. The quantitative estimate of drug-likeness (QED) is 0.710. The summed E-state index contributed by atoms with van der Waals surface area (Å²) in [5.74, 6) is 4.38. The zero-order valence-corrected chi connectivity index (χ0v) is 13.2. The topological polar surface area (TPSA) is 3.24 Å². The Balaban J connectivity index is 2.74. The summed E-state index contributed by atoms with van der Waals surface area (Å²) in [5, 5.41) is 0. The second kappa shape index (κ2) is 5.30. The Kier molecular flexibility index (Phi) is 4.68. The Morgan fingerprint density at radius 3 is 1.53 bits per heavy atom. The van der Waals surface area contributed by atoms with Crippen molar-refractivity contribution in [3.63, 3.8) is 0 Å². The average Bonchev–Trinajstić information content (AvgIpc) is 2.40. The van der Waals surface area contributed by atoms with Gasteiger partial charge in [0.2, 0.25) is 0 Å². The predicted octanol–water partition coefficient (Wildman–Crippen LogP) is 4.28. The van der Waals surface area contributed by atoms with Gasteiger partial charge in [0.05, 0.1) is 0 Å². The molecule has 1 aliphatic carbocycles. The van der Waals surface area contributed by atoms with Crippen LogP contribution in [-0.4, -0.2) is 23.5 Å². The molecule has 4 unspecified atom stereocenters. The summed E-state index contributed by atoms with van der Waals surface area (Å²) >= 11 is 0. The molecule has 102 valence electrons. The molecular formula is C16H33N. The lowest BCUT2D eigenvalue weighted by Crippen LogP contribution is -2.45. The third-order valence-electron chi connectivity index (χ3n) is 5.60. The van der Waals surface area contributed by atoms with Gasteiger partial charge in [-0.05, 0) is 56.9 Å². The van der Waals surface area contributed by atoms with Crippen molar-refractivity contribution in [2.45, 2.75) is 60.9 Å². The second-order valence-electron chi connectivity index (χ2n) is 7.31. The molecule has 0 saturated heterocycles. The van der Waals surface area contributed by atoms with Crippen molar-refractivity contribution in [3.05, 3.63) is 0 Å². The number of nitrogens with zero attached hydrogens (tertiary/aromatic N) is 1. The Hall–Kier alpha value is -0.0400. The summed E-state index contributed by atoms with van der Waals surface area (Å²) in [6.07, 6.45) is 0. The summed E-state index contributed by atoms with van der Waals surface area (Å²) < 4.78 is 0. The SMILES string of the molecule is CCN(CC1C(C)C(C)C(C)C1C)C(C)(C)C. The first-order chi connectivity index (χ1) is 7.70. The molecule has 0 bridgehead atoms. The van der Waals surface area contributed by atoms with E-state index in [2.05, 4.69) is 60.3 Å². The molecule has 1 aliphatic rings. The van der Waals surface area contributed by atoms with Crippen LogP contribution in [-0.2, 0) is 0 Å². The monoisotopic (exact) mass is 239 g/mol. The molecule has 0 amide bonds. The van der Waals surface area contributed by atoms with Gasteiger partial charge in [0.25, 0.3) is 0 Å². The maximum Gasteiger partial charge on any atom is 0.0125 e. The van der Waals surface area contributed by atoms with Crippen molar-refractivity contribution < 1.29 is 0 Å². The van der Waals surface area contributed by atoms with Gasteiger partial charge in [0.15, 0.2) is 0 Å². The van der Waals surface area contributed by atoms with Crippen LogP contribution < -0.4 is 0 Å². The Morgan fingerprint density at radius 1 is 0.824 bits per heavy atom. The van der Waals surface area contributed by atoms with Crippen molar-refractivity contribution in [2.24, 2.45) is 29.6 Å². The van der Waals surface area contributed by atoms with E-state index in [9.17, 15) is 0 Å². The van der Waals surface area contributed by atoms with Crippen LogP contribution >= 0.6 is 0 Å². The molecule has 0 spiro atoms. The van der Waals surface area contributed by atoms with Gasteiger partial charge in [0.1, 0.15) is 0 Å². The summed E-state index contributed by atoms with van der Waals surface area (Å²) in [7, 11) is 0. The fourth-order valence-electron chi connectivity index (χ4n) is 3.68. The maximum absolute atomic E-state index is 2.65. The summed E-state index contributed by atoms with van der Waals surface area (Å²) in [5.41, 5.74) is 0.309. The van der Waals surface area contributed by atoms with Gasteiger partial charge in [-0.3, -0.25) is 4.90 Å². The molecule has 0 aromatic carbocycles. The first-order valence-corrected chi connectivity index (χ1v) is 7.45. The highest BCUT2D eigenvalue weighted by atomic mass is 15.2. The second-order valence-corrected chi connectivity index (χ2v) is 7.31. The number of hydrogen-bond donors (Lipinski definition) is 0. The van der Waals surface area contributed by atoms with Crippen LogP contribution in [0, 0.1) is 29.6 Å². The van der Waals surface area contributed by atoms with Crippen LogP contribution in [0.25, 0.3) is 0 Å². The lowest BCUT2D eigenvalue weighted by atomic mass is 9.87. The van der Waals surface area contributed by atoms with E-state index in [-0.39, 0.29) is 0 Å². The van der Waals surface area contributed by atoms with Crippen LogP contribution in [0.4, 0.5) is 0 Å². The molecule has 1 rings (SSSR count). The first-order valence-electron chi connectivity index (χ1n) is 7.45. The van der Waals surface area contributed by atoms with Gasteiger partial charge in [0, 0.05) is 12.1 Å². The molecule has 1 saturated carbocycles. The molecule has 0 radical (unpaired) electrons. The fraction of sp³-hybridized carbons (Fsp3) is 1.00. The number of hydrogen-bond acceptors (Lipinski definition) is 1. The van der Waals surface area contributed by atoms with Gasteiger partial charge in [-0.2, -0.15) is 0 Å². The van der Waals surface area contributed by atoms with Crippen LogP contribution in [0.2, 0.25) is 0 Å². The van der Waals surface area contributed by atoms with Crippen molar-refractivity contribution in [1.82, 2.24) is 4.90 Å². The van der Waals surface area contributed by atoms with Gasteiger partial charge in [-0.15, -0.1) is 0 Å².